The number of nitrogens with zero attached hydrogens (tertiary/aromatic N) is 2. The predicted octanol–water partition coefficient (Wildman–Crippen LogP) is 5.56. The summed E-state index contributed by atoms with van der Waals surface area (Å²) >= 11 is 1.34. The van der Waals surface area contributed by atoms with Crippen LogP contribution in [0.5, 0.6) is 11.5 Å². The second-order valence-corrected chi connectivity index (χ2v) is 9.61. The number of aromatic nitrogens is 1. The predicted molar refractivity (Wildman–Crippen MR) is 140 cm³/mol. The molecule has 182 valence electrons. The fraction of sp³-hybridized carbons (Fsp3) is 0.179. The third-order valence-electron chi connectivity index (χ3n) is 6.22. The maximum Gasteiger partial charge on any atom is 0.301 e. The Morgan fingerprint density at radius 2 is 1.67 bits per heavy atom. The fourth-order valence-corrected chi connectivity index (χ4v) is 5.71. The number of amides is 1. The van der Waals surface area contributed by atoms with Gasteiger partial charge in [0.2, 0.25) is 0 Å². The molecule has 7 nitrogen and oxygen atoms in total. The van der Waals surface area contributed by atoms with Crippen LogP contribution in [0.15, 0.2) is 66.2 Å². The van der Waals surface area contributed by atoms with Crippen molar-refractivity contribution in [3.8, 4) is 11.5 Å². The number of ketones is 1. The largest absolute Gasteiger partial charge is 0.507 e. The molecule has 0 radical (unpaired) electrons. The first-order valence-electron chi connectivity index (χ1n) is 11.3. The van der Waals surface area contributed by atoms with Crippen molar-refractivity contribution in [3.05, 3.63) is 88.5 Å². The lowest BCUT2D eigenvalue weighted by Gasteiger charge is -2.23. The van der Waals surface area contributed by atoms with E-state index in [9.17, 15) is 14.7 Å². The van der Waals surface area contributed by atoms with Gasteiger partial charge in [-0.05, 0) is 60.9 Å². The van der Waals surface area contributed by atoms with Crippen molar-refractivity contribution in [2.45, 2.75) is 19.9 Å². The number of hydrogen-bond donors (Lipinski definition) is 1. The van der Waals surface area contributed by atoms with E-state index >= 15 is 0 Å². The van der Waals surface area contributed by atoms with Crippen LogP contribution in [0.1, 0.15) is 28.3 Å². The first kappa shape index (κ1) is 23.6. The number of fused-ring (bicyclic) bond motifs is 1. The molecule has 8 heteroatoms. The summed E-state index contributed by atoms with van der Waals surface area (Å²) in [7, 11) is 3.07. The molecule has 1 aliphatic rings. The number of hydrogen-bond acceptors (Lipinski definition) is 7. The number of carbonyl (C=O) groups excluding carboxylic acids is 2. The second-order valence-electron chi connectivity index (χ2n) is 8.60. The molecule has 0 unspecified atom stereocenters. The van der Waals surface area contributed by atoms with E-state index in [0.717, 1.165) is 21.3 Å². The van der Waals surface area contributed by atoms with Crippen LogP contribution in [0.2, 0.25) is 0 Å². The van der Waals surface area contributed by atoms with Crippen LogP contribution in [-0.2, 0) is 9.59 Å². The highest BCUT2D eigenvalue weighted by atomic mass is 32.1. The third-order valence-corrected chi connectivity index (χ3v) is 7.22. The van der Waals surface area contributed by atoms with Crippen molar-refractivity contribution in [2.24, 2.45) is 0 Å². The number of aryl methyl sites for hydroxylation is 2. The van der Waals surface area contributed by atoms with Crippen molar-refractivity contribution in [1.82, 2.24) is 4.98 Å². The second kappa shape index (κ2) is 9.13. The van der Waals surface area contributed by atoms with E-state index < -0.39 is 17.7 Å². The molecule has 3 aromatic carbocycles. The normalized spacial score (nSPS) is 17.1. The topological polar surface area (TPSA) is 89.0 Å². The zero-order valence-corrected chi connectivity index (χ0v) is 21.1. The first-order chi connectivity index (χ1) is 17.3. The summed E-state index contributed by atoms with van der Waals surface area (Å²) in [6.07, 6.45) is 0. The molecule has 36 heavy (non-hydrogen) atoms. The molecule has 2 heterocycles. The van der Waals surface area contributed by atoms with Crippen molar-refractivity contribution in [1.29, 1.82) is 0 Å². The van der Waals surface area contributed by atoms with Crippen molar-refractivity contribution in [2.75, 3.05) is 19.1 Å². The lowest BCUT2D eigenvalue weighted by atomic mass is 9.95. The number of ether oxygens (including phenoxy) is 2. The minimum atomic E-state index is -0.895. The van der Waals surface area contributed by atoms with Crippen LogP contribution in [0.3, 0.4) is 0 Å². The van der Waals surface area contributed by atoms with Gasteiger partial charge in [0.25, 0.3) is 5.78 Å². The number of anilines is 1. The Labute approximate surface area is 212 Å². The summed E-state index contributed by atoms with van der Waals surface area (Å²) in [5.74, 6) is -0.731. The Kier molecular flexibility index (Phi) is 5.97. The van der Waals surface area contributed by atoms with Gasteiger partial charge in [-0.15, -0.1) is 0 Å². The highest BCUT2D eigenvalue weighted by molar-refractivity contribution is 7.22. The van der Waals surface area contributed by atoms with Gasteiger partial charge in [-0.2, -0.15) is 0 Å². The average molecular weight is 501 g/mol. The standard InChI is InChI=1S/C28H24N2O5S/c1-15-11-16(2)23-21(12-15)36-28(29-23)30-24(17-7-5-9-19(13-17)34-3)22(26(32)27(30)33)25(31)18-8-6-10-20(14-18)35-4/h5-14,24,31H,1-4H3/t24-/m1/s1. The summed E-state index contributed by atoms with van der Waals surface area (Å²) in [4.78, 5) is 33.0. The van der Waals surface area contributed by atoms with E-state index in [-0.39, 0.29) is 11.3 Å². The average Bonchev–Trinajstić information content (AvgIpc) is 3.42. The Morgan fingerprint density at radius 3 is 2.39 bits per heavy atom. The molecular formula is C28H24N2O5S. The summed E-state index contributed by atoms with van der Waals surface area (Å²) in [6.45, 7) is 3.97. The number of aliphatic hydroxyl groups excluding tert-OH is 1. The molecule has 1 N–H and O–H groups in total. The van der Waals surface area contributed by atoms with Gasteiger partial charge in [-0.25, -0.2) is 4.98 Å². The molecular weight excluding hydrogens is 476 g/mol. The number of Topliss-reactive ketones (excluding diaryl/α,β-unsaturated/α-hetero) is 1. The first-order valence-corrected chi connectivity index (χ1v) is 12.1. The molecule has 1 saturated heterocycles. The molecule has 1 aliphatic heterocycles. The Bertz CT molecular complexity index is 1550. The van der Waals surface area contributed by atoms with Crippen LogP contribution in [0.4, 0.5) is 5.13 Å². The van der Waals surface area contributed by atoms with Gasteiger partial charge in [0.05, 0.1) is 36.1 Å². The maximum atomic E-state index is 13.5. The highest BCUT2D eigenvalue weighted by Crippen LogP contribution is 2.45. The maximum absolute atomic E-state index is 13.5. The molecule has 5 rings (SSSR count). The van der Waals surface area contributed by atoms with E-state index in [4.69, 9.17) is 14.5 Å². The number of rotatable bonds is 5. The molecule has 0 aliphatic carbocycles. The van der Waals surface area contributed by atoms with Gasteiger partial charge < -0.3 is 14.6 Å². The molecule has 4 aromatic rings. The SMILES string of the molecule is COc1cccc(C(O)=C2C(=O)C(=O)N(c3nc4c(C)cc(C)cc4s3)[C@@H]2c2cccc(OC)c2)c1. The van der Waals surface area contributed by atoms with E-state index in [1.165, 1.54) is 23.3 Å². The molecule has 0 bridgehead atoms. The molecule has 1 atom stereocenters. The van der Waals surface area contributed by atoms with Crippen LogP contribution in [0.25, 0.3) is 16.0 Å². The number of thiazole rings is 1. The van der Waals surface area contributed by atoms with Gasteiger partial charge >= 0.3 is 5.91 Å². The summed E-state index contributed by atoms with van der Waals surface area (Å²) in [5.41, 5.74) is 3.81. The molecule has 1 amide bonds. The van der Waals surface area contributed by atoms with Gasteiger partial charge in [-0.3, -0.25) is 14.5 Å². The Morgan fingerprint density at radius 1 is 0.972 bits per heavy atom. The van der Waals surface area contributed by atoms with Crippen LogP contribution < -0.4 is 14.4 Å². The number of carbonyl (C=O) groups is 2. The van der Waals surface area contributed by atoms with Crippen molar-refractivity contribution >= 4 is 44.1 Å². The van der Waals surface area contributed by atoms with E-state index in [1.54, 1.807) is 55.6 Å². The van der Waals surface area contributed by atoms with Crippen LogP contribution >= 0.6 is 11.3 Å². The Balaban J connectivity index is 1.75. The van der Waals surface area contributed by atoms with Gasteiger partial charge in [-0.1, -0.05) is 41.7 Å². The lowest BCUT2D eigenvalue weighted by molar-refractivity contribution is -0.132. The van der Waals surface area contributed by atoms with Crippen molar-refractivity contribution in [3.63, 3.8) is 0 Å². The molecule has 1 fully saturated rings. The lowest BCUT2D eigenvalue weighted by Crippen LogP contribution is -2.29. The van der Waals surface area contributed by atoms with E-state index in [0.29, 0.717) is 27.8 Å². The van der Waals surface area contributed by atoms with Gasteiger partial charge in [0.15, 0.2) is 5.13 Å². The minimum absolute atomic E-state index is 0.0198. The van der Waals surface area contributed by atoms with Crippen LogP contribution in [0, 0.1) is 13.8 Å². The van der Waals surface area contributed by atoms with Gasteiger partial charge in [0, 0.05) is 5.56 Å². The number of methoxy groups -OCH3 is 2. The van der Waals surface area contributed by atoms with E-state index in [2.05, 4.69) is 0 Å². The monoisotopic (exact) mass is 500 g/mol. The Hall–Kier alpha value is -4.17. The van der Waals surface area contributed by atoms with Gasteiger partial charge in [0.1, 0.15) is 17.3 Å². The minimum Gasteiger partial charge on any atom is -0.507 e. The zero-order chi connectivity index (χ0) is 25.6. The quantitative estimate of drug-likeness (QED) is 0.219. The third kappa shape index (κ3) is 3.89. The molecule has 1 aromatic heterocycles. The van der Waals surface area contributed by atoms with E-state index in [1.807, 2.05) is 26.0 Å². The highest BCUT2D eigenvalue weighted by Gasteiger charge is 2.48. The molecule has 0 spiro atoms. The summed E-state index contributed by atoms with van der Waals surface area (Å²) in [6, 6.07) is 17.0. The smallest absolute Gasteiger partial charge is 0.301 e. The van der Waals surface area contributed by atoms with Crippen molar-refractivity contribution < 1.29 is 24.2 Å². The summed E-state index contributed by atoms with van der Waals surface area (Å²) in [5, 5.41) is 11.7. The number of aliphatic hydroxyl groups is 1. The number of benzene rings is 3. The van der Waals surface area contributed by atoms with Crippen LogP contribution in [-0.4, -0.2) is 36.0 Å². The molecule has 0 saturated carbocycles. The fourth-order valence-electron chi connectivity index (χ4n) is 4.54. The summed E-state index contributed by atoms with van der Waals surface area (Å²) < 4.78 is 11.6. The zero-order valence-electron chi connectivity index (χ0n) is 20.2.